The molecular weight excluding hydrogens is 458 g/mol. The smallest absolute Gasteiger partial charge is 0.243 e. The number of hydrogen-bond acceptors (Lipinski definition) is 6. The number of imidazole rings is 1. The Kier molecular flexibility index (Phi) is 8.87. The number of aromatic nitrogens is 3. The Hall–Kier alpha value is -2.43. The number of nitrogens with one attached hydrogen (secondary N) is 1. The van der Waals surface area contributed by atoms with Crippen LogP contribution in [-0.4, -0.2) is 52.0 Å². The number of pyridine rings is 1. The van der Waals surface area contributed by atoms with Crippen LogP contribution in [0.1, 0.15) is 39.3 Å². The lowest BCUT2D eigenvalue weighted by Crippen LogP contribution is -2.30. The number of aryl methyl sites for hydroxylation is 1. The fourth-order valence-electron chi connectivity index (χ4n) is 3.48. The zero-order valence-corrected chi connectivity index (χ0v) is 21.0. The largest absolute Gasteiger partial charge is 0.350 e. The van der Waals surface area contributed by atoms with E-state index in [2.05, 4.69) is 21.8 Å². The molecule has 2 aromatic heterocycles. The van der Waals surface area contributed by atoms with Gasteiger partial charge in [0.05, 0.1) is 33.9 Å². The highest BCUT2D eigenvalue weighted by Crippen LogP contribution is 2.27. The van der Waals surface area contributed by atoms with Gasteiger partial charge in [0, 0.05) is 25.8 Å². The lowest BCUT2D eigenvalue weighted by atomic mass is 10.3. The highest BCUT2D eigenvalue weighted by atomic mass is 32.2. The van der Waals surface area contributed by atoms with Crippen molar-refractivity contribution in [2.45, 2.75) is 56.8 Å². The number of benzene rings is 1. The van der Waals surface area contributed by atoms with E-state index in [1.165, 1.54) is 16.1 Å². The summed E-state index contributed by atoms with van der Waals surface area (Å²) in [5, 5.41) is 3.59. The number of sulfonamides is 1. The van der Waals surface area contributed by atoms with Crippen LogP contribution in [-0.2, 0) is 27.9 Å². The standard InChI is InChI=1S/C23H31N5O3S2/c1-4-7-14-28-21-12-11-19(33(30,31)27(5-2)6-3)15-20(21)26-23(28)32-17-22(29)25-16-18-10-8-9-13-24-18/h8-13,15H,4-7,14,16-17H2,1-3H3,(H,25,29). The summed E-state index contributed by atoms with van der Waals surface area (Å²) in [4.78, 5) is 21.5. The number of thioether (sulfide) groups is 1. The number of unbranched alkanes of at least 4 members (excludes halogenated alkanes) is 1. The van der Waals surface area contributed by atoms with Crippen LogP contribution < -0.4 is 5.32 Å². The molecule has 3 aromatic rings. The van der Waals surface area contributed by atoms with Crippen LogP contribution in [0.3, 0.4) is 0 Å². The zero-order valence-electron chi connectivity index (χ0n) is 19.3. The van der Waals surface area contributed by atoms with Gasteiger partial charge < -0.3 is 9.88 Å². The molecule has 1 aromatic carbocycles. The number of carbonyl (C=O) groups is 1. The quantitative estimate of drug-likeness (QED) is 0.390. The van der Waals surface area contributed by atoms with E-state index in [0.717, 1.165) is 30.6 Å². The topological polar surface area (TPSA) is 97.2 Å². The molecule has 8 nitrogen and oxygen atoms in total. The molecule has 0 aliphatic rings. The summed E-state index contributed by atoms with van der Waals surface area (Å²) in [6.07, 6.45) is 3.67. The van der Waals surface area contributed by atoms with E-state index in [1.54, 1.807) is 18.3 Å². The van der Waals surface area contributed by atoms with E-state index in [4.69, 9.17) is 4.98 Å². The lowest BCUT2D eigenvalue weighted by molar-refractivity contribution is -0.118. The number of hydrogen-bond donors (Lipinski definition) is 1. The van der Waals surface area contributed by atoms with E-state index >= 15 is 0 Å². The lowest BCUT2D eigenvalue weighted by Gasteiger charge is -2.18. The molecule has 10 heteroatoms. The fourth-order valence-corrected chi connectivity index (χ4v) is 5.83. The van der Waals surface area contributed by atoms with Gasteiger partial charge in [-0.1, -0.05) is 45.0 Å². The normalized spacial score (nSPS) is 11.9. The summed E-state index contributed by atoms with van der Waals surface area (Å²) in [6.45, 7) is 7.73. The van der Waals surface area contributed by atoms with Crippen molar-refractivity contribution in [2.24, 2.45) is 0 Å². The molecule has 178 valence electrons. The van der Waals surface area contributed by atoms with Crippen LogP contribution in [0.4, 0.5) is 0 Å². The fraction of sp³-hybridized carbons (Fsp3) is 0.435. The minimum Gasteiger partial charge on any atom is -0.350 e. The van der Waals surface area contributed by atoms with Crippen LogP contribution in [0.25, 0.3) is 11.0 Å². The summed E-state index contributed by atoms with van der Waals surface area (Å²) in [5.74, 6) is 0.108. The van der Waals surface area contributed by atoms with Crippen molar-refractivity contribution in [3.8, 4) is 0 Å². The summed E-state index contributed by atoms with van der Waals surface area (Å²) in [7, 11) is -3.57. The summed E-state index contributed by atoms with van der Waals surface area (Å²) in [6, 6.07) is 10.7. The first-order chi connectivity index (χ1) is 15.9. The molecule has 1 amide bonds. The summed E-state index contributed by atoms with van der Waals surface area (Å²) in [5.41, 5.74) is 2.29. The van der Waals surface area contributed by atoms with Gasteiger partial charge in [-0.2, -0.15) is 4.31 Å². The minimum atomic E-state index is -3.57. The van der Waals surface area contributed by atoms with Gasteiger partial charge in [-0.15, -0.1) is 0 Å². The van der Waals surface area contributed by atoms with Gasteiger partial charge in [-0.3, -0.25) is 9.78 Å². The van der Waals surface area contributed by atoms with Gasteiger partial charge >= 0.3 is 0 Å². The van der Waals surface area contributed by atoms with Crippen molar-refractivity contribution in [1.82, 2.24) is 24.2 Å². The molecule has 0 aliphatic carbocycles. The Morgan fingerprint density at radius 1 is 1.15 bits per heavy atom. The first kappa shape index (κ1) is 25.2. The van der Waals surface area contributed by atoms with Gasteiger partial charge in [-0.25, -0.2) is 13.4 Å². The molecule has 3 rings (SSSR count). The van der Waals surface area contributed by atoms with E-state index in [0.29, 0.717) is 30.3 Å². The predicted molar refractivity (Wildman–Crippen MR) is 132 cm³/mol. The van der Waals surface area contributed by atoms with Gasteiger partial charge in [0.2, 0.25) is 15.9 Å². The van der Waals surface area contributed by atoms with Crippen LogP contribution in [0.5, 0.6) is 0 Å². The third-order valence-electron chi connectivity index (χ3n) is 5.29. The molecule has 33 heavy (non-hydrogen) atoms. The number of rotatable bonds is 12. The molecular formula is C23H31N5O3S2. The summed E-state index contributed by atoms with van der Waals surface area (Å²) < 4.78 is 29.4. The zero-order chi connectivity index (χ0) is 23.8. The Bertz CT molecular complexity index is 1180. The summed E-state index contributed by atoms with van der Waals surface area (Å²) >= 11 is 1.35. The van der Waals surface area contributed by atoms with Crippen molar-refractivity contribution in [2.75, 3.05) is 18.8 Å². The average molecular weight is 490 g/mol. The van der Waals surface area contributed by atoms with E-state index in [1.807, 2.05) is 38.1 Å². The van der Waals surface area contributed by atoms with E-state index < -0.39 is 10.0 Å². The molecule has 0 bridgehead atoms. The Morgan fingerprint density at radius 2 is 1.94 bits per heavy atom. The SMILES string of the molecule is CCCCn1c(SCC(=O)NCc2ccccn2)nc2cc(S(=O)(=O)N(CC)CC)ccc21. The van der Waals surface area contributed by atoms with Crippen molar-refractivity contribution < 1.29 is 13.2 Å². The van der Waals surface area contributed by atoms with Crippen LogP contribution >= 0.6 is 11.8 Å². The number of fused-ring (bicyclic) bond motifs is 1. The van der Waals surface area contributed by atoms with Crippen molar-refractivity contribution in [3.63, 3.8) is 0 Å². The Balaban J connectivity index is 1.80. The van der Waals surface area contributed by atoms with Gasteiger partial charge in [0.25, 0.3) is 0 Å². The van der Waals surface area contributed by atoms with Gasteiger partial charge in [0.1, 0.15) is 0 Å². The minimum absolute atomic E-state index is 0.107. The molecule has 0 aliphatic heterocycles. The molecule has 0 fully saturated rings. The molecule has 0 saturated carbocycles. The Labute approximate surface area is 199 Å². The Morgan fingerprint density at radius 3 is 2.61 bits per heavy atom. The highest BCUT2D eigenvalue weighted by molar-refractivity contribution is 7.99. The van der Waals surface area contributed by atoms with E-state index in [9.17, 15) is 13.2 Å². The van der Waals surface area contributed by atoms with Gasteiger partial charge in [-0.05, 0) is 36.8 Å². The number of nitrogens with zero attached hydrogens (tertiary/aromatic N) is 4. The van der Waals surface area contributed by atoms with Crippen LogP contribution in [0.2, 0.25) is 0 Å². The first-order valence-corrected chi connectivity index (χ1v) is 13.6. The molecule has 2 heterocycles. The maximum absolute atomic E-state index is 12.9. The first-order valence-electron chi connectivity index (χ1n) is 11.2. The molecule has 1 N–H and O–H groups in total. The second-order valence-corrected chi connectivity index (χ2v) is 10.4. The molecule has 0 spiro atoms. The third-order valence-corrected chi connectivity index (χ3v) is 8.31. The number of amides is 1. The predicted octanol–water partition coefficient (Wildman–Crippen LogP) is 3.67. The molecule has 0 unspecified atom stereocenters. The molecule has 0 saturated heterocycles. The second kappa shape index (κ2) is 11.6. The van der Waals surface area contributed by atoms with Crippen LogP contribution in [0, 0.1) is 0 Å². The maximum Gasteiger partial charge on any atom is 0.243 e. The third kappa shape index (κ3) is 6.13. The van der Waals surface area contributed by atoms with Crippen molar-refractivity contribution >= 4 is 38.7 Å². The van der Waals surface area contributed by atoms with Gasteiger partial charge in [0.15, 0.2) is 5.16 Å². The molecule has 0 atom stereocenters. The van der Waals surface area contributed by atoms with E-state index in [-0.39, 0.29) is 16.6 Å². The molecule has 0 radical (unpaired) electrons. The second-order valence-electron chi connectivity index (χ2n) is 7.53. The number of carbonyl (C=O) groups excluding carboxylic acids is 1. The van der Waals surface area contributed by atoms with Crippen LogP contribution in [0.15, 0.2) is 52.6 Å². The van der Waals surface area contributed by atoms with Crippen molar-refractivity contribution in [3.05, 3.63) is 48.3 Å². The average Bonchev–Trinajstić information content (AvgIpc) is 3.18. The monoisotopic (exact) mass is 489 g/mol. The highest BCUT2D eigenvalue weighted by Gasteiger charge is 2.23. The maximum atomic E-state index is 12.9. The van der Waals surface area contributed by atoms with Crippen molar-refractivity contribution in [1.29, 1.82) is 0 Å².